The number of likely N-dealkylation sites (tertiary alicyclic amines) is 1. The van der Waals surface area contributed by atoms with Crippen molar-refractivity contribution in [3.63, 3.8) is 0 Å². The van der Waals surface area contributed by atoms with Gasteiger partial charge in [-0.1, -0.05) is 25.1 Å². The third-order valence-corrected chi connectivity index (χ3v) is 4.97. The van der Waals surface area contributed by atoms with E-state index in [2.05, 4.69) is 16.8 Å². The van der Waals surface area contributed by atoms with Crippen LogP contribution in [-0.2, 0) is 13.1 Å². The molecule has 26 heavy (non-hydrogen) atoms. The summed E-state index contributed by atoms with van der Waals surface area (Å²) in [5, 5.41) is 0. The van der Waals surface area contributed by atoms with Gasteiger partial charge in [-0.25, -0.2) is 4.98 Å². The van der Waals surface area contributed by atoms with Crippen LogP contribution in [0.25, 0.3) is 0 Å². The molecule has 7 heteroatoms. The second kappa shape index (κ2) is 7.70. The molecule has 0 amide bonds. The first-order chi connectivity index (χ1) is 12.4. The van der Waals surface area contributed by atoms with Crippen molar-refractivity contribution in [2.45, 2.75) is 45.1 Å². The Hall–Kier alpha value is -2.02. The normalized spacial score (nSPS) is 21.7. The third kappa shape index (κ3) is 4.38. The zero-order chi connectivity index (χ0) is 18.7. The average Bonchev–Trinajstić information content (AvgIpc) is 3.01. The number of hydrogen-bond acceptors (Lipinski definition) is 3. The quantitative estimate of drug-likeness (QED) is 0.783. The molecule has 1 saturated heterocycles. The molecule has 0 unspecified atom stereocenters. The number of methoxy groups -OCH3 is 1. The Bertz CT molecular complexity index is 729. The molecule has 0 aliphatic carbocycles. The number of piperidine rings is 1. The summed E-state index contributed by atoms with van der Waals surface area (Å²) in [7, 11) is 1.64. The zero-order valence-electron chi connectivity index (χ0n) is 15.0. The maximum Gasteiger partial charge on any atom is 0.406 e. The Morgan fingerprint density at radius 2 is 2.04 bits per heavy atom. The average molecular weight is 367 g/mol. The SMILES string of the molecule is COc1ccccc1[C@H]1C[C@@H](C)CCN1Cc1nccn1CC(F)(F)F. The summed E-state index contributed by atoms with van der Waals surface area (Å²) in [6, 6.07) is 7.97. The van der Waals surface area contributed by atoms with E-state index >= 15 is 0 Å². The standard InChI is InChI=1S/C19H24F3N3O/c1-14-7-9-24(12-18-23-8-10-25(18)13-19(20,21)22)16(11-14)15-5-3-4-6-17(15)26-2/h3-6,8,10,14,16H,7,9,11-13H2,1-2H3/t14-,16+/m0/s1. The largest absolute Gasteiger partial charge is 0.496 e. The maximum absolute atomic E-state index is 12.8. The van der Waals surface area contributed by atoms with Crippen LogP contribution in [0.2, 0.25) is 0 Å². The number of para-hydroxylation sites is 1. The van der Waals surface area contributed by atoms with Crippen LogP contribution in [0.3, 0.4) is 0 Å². The van der Waals surface area contributed by atoms with Gasteiger partial charge in [0.05, 0.1) is 13.7 Å². The van der Waals surface area contributed by atoms with Gasteiger partial charge < -0.3 is 9.30 Å². The van der Waals surface area contributed by atoms with Crippen molar-refractivity contribution in [2.24, 2.45) is 5.92 Å². The maximum atomic E-state index is 12.8. The van der Waals surface area contributed by atoms with Gasteiger partial charge in [-0.15, -0.1) is 0 Å². The monoisotopic (exact) mass is 367 g/mol. The van der Waals surface area contributed by atoms with Gasteiger partial charge in [-0.3, -0.25) is 4.90 Å². The summed E-state index contributed by atoms with van der Waals surface area (Å²) < 4.78 is 45.1. The molecular weight excluding hydrogens is 343 g/mol. The van der Waals surface area contributed by atoms with E-state index in [-0.39, 0.29) is 6.04 Å². The van der Waals surface area contributed by atoms with Crippen LogP contribution in [0.4, 0.5) is 13.2 Å². The smallest absolute Gasteiger partial charge is 0.406 e. The fourth-order valence-corrected chi connectivity index (χ4v) is 3.66. The minimum atomic E-state index is -4.26. The van der Waals surface area contributed by atoms with Crippen molar-refractivity contribution in [1.29, 1.82) is 0 Å². The Kier molecular flexibility index (Phi) is 5.55. The summed E-state index contributed by atoms with van der Waals surface area (Å²) in [5.74, 6) is 1.81. The summed E-state index contributed by atoms with van der Waals surface area (Å²) in [4.78, 5) is 6.39. The van der Waals surface area contributed by atoms with Crippen LogP contribution in [0.5, 0.6) is 5.75 Å². The van der Waals surface area contributed by atoms with Gasteiger partial charge in [-0.05, 0) is 31.4 Å². The number of ether oxygens (including phenoxy) is 1. The first-order valence-electron chi connectivity index (χ1n) is 8.81. The summed E-state index contributed by atoms with van der Waals surface area (Å²) in [6.45, 7) is 2.41. The fourth-order valence-electron chi connectivity index (χ4n) is 3.66. The number of nitrogens with zero attached hydrogens (tertiary/aromatic N) is 3. The van der Waals surface area contributed by atoms with Crippen LogP contribution in [0.15, 0.2) is 36.7 Å². The fraction of sp³-hybridized carbons (Fsp3) is 0.526. The lowest BCUT2D eigenvalue weighted by Gasteiger charge is -2.39. The number of benzene rings is 1. The topological polar surface area (TPSA) is 30.3 Å². The molecule has 2 aromatic rings. The Labute approximate surface area is 151 Å². The second-order valence-electron chi connectivity index (χ2n) is 6.94. The summed E-state index contributed by atoms with van der Waals surface area (Å²) in [6.07, 6.45) is 0.541. The molecule has 1 aromatic carbocycles. The van der Waals surface area contributed by atoms with E-state index in [1.165, 1.54) is 17.0 Å². The van der Waals surface area contributed by atoms with Gasteiger partial charge in [0.2, 0.25) is 0 Å². The van der Waals surface area contributed by atoms with E-state index < -0.39 is 12.7 Å². The van der Waals surface area contributed by atoms with Gasteiger partial charge in [0, 0.05) is 24.0 Å². The Morgan fingerprint density at radius 1 is 1.27 bits per heavy atom. The second-order valence-corrected chi connectivity index (χ2v) is 6.94. The van der Waals surface area contributed by atoms with E-state index in [4.69, 9.17) is 4.74 Å². The van der Waals surface area contributed by atoms with Crippen LogP contribution < -0.4 is 4.74 Å². The van der Waals surface area contributed by atoms with E-state index in [1.54, 1.807) is 7.11 Å². The molecule has 4 nitrogen and oxygen atoms in total. The summed E-state index contributed by atoms with van der Waals surface area (Å²) in [5.41, 5.74) is 1.08. The third-order valence-electron chi connectivity index (χ3n) is 4.97. The van der Waals surface area contributed by atoms with Crippen molar-refractivity contribution >= 4 is 0 Å². The van der Waals surface area contributed by atoms with Gasteiger partial charge in [0.25, 0.3) is 0 Å². The lowest BCUT2D eigenvalue weighted by Crippen LogP contribution is -2.37. The van der Waals surface area contributed by atoms with Crippen molar-refractivity contribution in [3.05, 3.63) is 48.0 Å². The molecule has 142 valence electrons. The number of rotatable bonds is 5. The first-order valence-corrected chi connectivity index (χ1v) is 8.81. The molecule has 1 fully saturated rings. The van der Waals surface area contributed by atoms with Crippen LogP contribution in [-0.4, -0.2) is 34.3 Å². The molecule has 0 radical (unpaired) electrons. The predicted octanol–water partition coefficient (Wildman–Crippen LogP) is 4.43. The molecule has 0 bridgehead atoms. The van der Waals surface area contributed by atoms with Crippen molar-refractivity contribution < 1.29 is 17.9 Å². The molecular formula is C19H24F3N3O. The van der Waals surface area contributed by atoms with Crippen molar-refractivity contribution in [3.8, 4) is 5.75 Å². The number of hydrogen-bond donors (Lipinski definition) is 0. The number of imidazole rings is 1. The zero-order valence-corrected chi connectivity index (χ0v) is 15.0. The summed E-state index contributed by atoms with van der Waals surface area (Å²) >= 11 is 0. The Balaban J connectivity index is 1.85. The van der Waals surface area contributed by atoms with Gasteiger partial charge >= 0.3 is 6.18 Å². The molecule has 2 atom stereocenters. The lowest BCUT2D eigenvalue weighted by atomic mass is 9.88. The molecule has 0 saturated carbocycles. The number of halogens is 3. The van der Waals surface area contributed by atoms with E-state index in [1.807, 2.05) is 24.3 Å². The lowest BCUT2D eigenvalue weighted by molar-refractivity contribution is -0.141. The molecule has 1 aliphatic rings. The minimum Gasteiger partial charge on any atom is -0.496 e. The molecule has 1 aliphatic heterocycles. The molecule has 0 spiro atoms. The van der Waals surface area contributed by atoms with E-state index in [0.29, 0.717) is 18.3 Å². The van der Waals surface area contributed by atoms with E-state index in [9.17, 15) is 13.2 Å². The minimum absolute atomic E-state index is 0.103. The number of aromatic nitrogens is 2. The molecule has 0 N–H and O–H groups in total. The van der Waals surface area contributed by atoms with Gasteiger partial charge in [-0.2, -0.15) is 13.2 Å². The van der Waals surface area contributed by atoms with Crippen LogP contribution in [0, 0.1) is 5.92 Å². The van der Waals surface area contributed by atoms with Crippen molar-refractivity contribution in [1.82, 2.24) is 14.5 Å². The van der Waals surface area contributed by atoms with Crippen molar-refractivity contribution in [2.75, 3.05) is 13.7 Å². The van der Waals surface area contributed by atoms with Crippen LogP contribution >= 0.6 is 0 Å². The van der Waals surface area contributed by atoms with E-state index in [0.717, 1.165) is 30.7 Å². The van der Waals surface area contributed by atoms with Gasteiger partial charge in [0.1, 0.15) is 18.1 Å². The Morgan fingerprint density at radius 3 is 2.77 bits per heavy atom. The molecule has 2 heterocycles. The van der Waals surface area contributed by atoms with Gasteiger partial charge in [0.15, 0.2) is 0 Å². The predicted molar refractivity (Wildman–Crippen MR) is 92.8 cm³/mol. The molecule has 3 rings (SSSR count). The van der Waals surface area contributed by atoms with Crippen LogP contribution in [0.1, 0.15) is 37.2 Å². The highest BCUT2D eigenvalue weighted by Crippen LogP contribution is 2.38. The highest BCUT2D eigenvalue weighted by Gasteiger charge is 2.32. The number of alkyl halides is 3. The first kappa shape index (κ1) is 18.8. The highest BCUT2D eigenvalue weighted by atomic mass is 19.4. The highest BCUT2D eigenvalue weighted by molar-refractivity contribution is 5.36. The molecule has 1 aromatic heterocycles.